The Kier molecular flexibility index (Phi) is 5.85. The average Bonchev–Trinajstić information content (AvgIpc) is 3.02. The third kappa shape index (κ3) is 3.98. The Morgan fingerprint density at radius 3 is 1.34 bits per heavy atom. The molecular formula is C28H26NO2P. The molecule has 5 rings (SSSR count). The Morgan fingerprint density at radius 1 is 0.531 bits per heavy atom. The summed E-state index contributed by atoms with van der Waals surface area (Å²) in [5, 5.41) is 2.13. The van der Waals surface area contributed by atoms with Crippen molar-refractivity contribution in [3.63, 3.8) is 0 Å². The molecule has 1 aromatic heterocycles. The summed E-state index contributed by atoms with van der Waals surface area (Å²) in [6.07, 6.45) is 0. The minimum absolute atomic E-state index is 0.0925. The highest BCUT2D eigenvalue weighted by Crippen LogP contribution is 2.45. The monoisotopic (exact) mass is 439 g/mol. The molecule has 0 aliphatic rings. The third-order valence-electron chi connectivity index (χ3n) is 5.96. The predicted octanol–water partition coefficient (Wildman–Crippen LogP) is 8.75. The van der Waals surface area contributed by atoms with Gasteiger partial charge in [0.1, 0.15) is 11.2 Å². The summed E-state index contributed by atoms with van der Waals surface area (Å²) in [4.78, 5) is 0. The van der Waals surface area contributed by atoms with Crippen LogP contribution in [-0.2, 0) is 0 Å². The van der Waals surface area contributed by atoms with Crippen molar-refractivity contribution < 1.29 is 8.39 Å². The SMILES string of the molecule is C[C@H](c1ccccc1)N([C@H](C)c1ccccc1)p1oc2ccccc2c2ccccc2o1. The highest BCUT2D eigenvalue weighted by Gasteiger charge is 2.28. The van der Waals surface area contributed by atoms with Gasteiger partial charge in [-0.15, -0.1) is 0 Å². The summed E-state index contributed by atoms with van der Waals surface area (Å²) < 4.78 is 15.7. The summed E-state index contributed by atoms with van der Waals surface area (Å²) in [5.74, 6) is 0. The van der Waals surface area contributed by atoms with Crippen LogP contribution in [0, 0.1) is 0 Å². The van der Waals surface area contributed by atoms with Gasteiger partial charge in [-0.3, -0.25) is 0 Å². The summed E-state index contributed by atoms with van der Waals surface area (Å²) in [5.41, 5.74) is 4.18. The maximum atomic E-state index is 6.66. The van der Waals surface area contributed by atoms with Crippen molar-refractivity contribution in [1.29, 1.82) is 0 Å². The first kappa shape index (κ1) is 20.6. The summed E-state index contributed by atoms with van der Waals surface area (Å²) in [7, 11) is -1.43. The normalized spacial score (nSPS) is 13.3. The fourth-order valence-corrected chi connectivity index (χ4v) is 5.92. The molecular weight excluding hydrogens is 413 g/mol. The van der Waals surface area contributed by atoms with Crippen LogP contribution in [0.1, 0.15) is 37.1 Å². The number of hydrogen-bond acceptors (Lipinski definition) is 3. The molecule has 4 heteroatoms. The third-order valence-corrected chi connectivity index (χ3v) is 7.74. The molecule has 0 fully saturated rings. The van der Waals surface area contributed by atoms with Gasteiger partial charge in [0.15, 0.2) is 0 Å². The van der Waals surface area contributed by atoms with Gasteiger partial charge in [0.25, 0.3) is 0 Å². The van der Waals surface area contributed by atoms with E-state index < -0.39 is 8.16 Å². The van der Waals surface area contributed by atoms with Crippen LogP contribution < -0.4 is 4.67 Å². The molecule has 0 aliphatic carbocycles. The van der Waals surface area contributed by atoms with Gasteiger partial charge in [-0.1, -0.05) is 97.1 Å². The van der Waals surface area contributed by atoms with Crippen molar-refractivity contribution in [3.8, 4) is 0 Å². The number of para-hydroxylation sites is 2. The van der Waals surface area contributed by atoms with E-state index in [0.29, 0.717) is 0 Å². The molecule has 0 spiro atoms. The van der Waals surface area contributed by atoms with Crippen molar-refractivity contribution >= 4 is 30.1 Å². The first-order chi connectivity index (χ1) is 15.7. The molecule has 2 atom stereocenters. The van der Waals surface area contributed by atoms with E-state index in [2.05, 4.69) is 91.3 Å². The van der Waals surface area contributed by atoms with E-state index in [1.54, 1.807) is 0 Å². The smallest absolute Gasteiger partial charge is 0.310 e. The quantitative estimate of drug-likeness (QED) is 0.274. The average molecular weight is 439 g/mol. The van der Waals surface area contributed by atoms with Crippen LogP contribution in [0.4, 0.5) is 0 Å². The van der Waals surface area contributed by atoms with Crippen molar-refractivity contribution in [1.82, 2.24) is 0 Å². The second kappa shape index (κ2) is 9.08. The maximum absolute atomic E-state index is 6.66. The zero-order chi connectivity index (χ0) is 21.9. The van der Waals surface area contributed by atoms with Gasteiger partial charge in [-0.2, -0.15) is 4.67 Å². The molecule has 0 saturated carbocycles. The zero-order valence-electron chi connectivity index (χ0n) is 18.3. The molecule has 0 unspecified atom stereocenters. The van der Waals surface area contributed by atoms with Gasteiger partial charge in [0.05, 0.1) is 0 Å². The van der Waals surface area contributed by atoms with Gasteiger partial charge in [0, 0.05) is 22.9 Å². The van der Waals surface area contributed by atoms with Crippen molar-refractivity contribution in [2.75, 3.05) is 4.67 Å². The zero-order valence-corrected chi connectivity index (χ0v) is 19.2. The number of rotatable bonds is 5. The minimum atomic E-state index is -1.43. The molecule has 0 radical (unpaired) electrons. The Hall–Kier alpha value is -3.26. The van der Waals surface area contributed by atoms with Crippen molar-refractivity contribution in [2.45, 2.75) is 25.9 Å². The van der Waals surface area contributed by atoms with Crippen LogP contribution in [0.3, 0.4) is 0 Å². The van der Waals surface area contributed by atoms with Gasteiger partial charge in [-0.05, 0) is 37.1 Å². The molecule has 5 aromatic rings. The number of benzene rings is 4. The van der Waals surface area contributed by atoms with E-state index in [0.717, 1.165) is 21.9 Å². The lowest BCUT2D eigenvalue weighted by Gasteiger charge is -2.31. The molecule has 32 heavy (non-hydrogen) atoms. The Morgan fingerprint density at radius 2 is 0.906 bits per heavy atom. The fourth-order valence-electron chi connectivity index (χ4n) is 4.21. The number of nitrogens with zero attached hydrogens (tertiary/aromatic N) is 1. The van der Waals surface area contributed by atoms with Crippen molar-refractivity contribution in [2.24, 2.45) is 0 Å². The standard InChI is InChI=1S/C28H26NO2P/c1-21(23-13-5-3-6-14-23)29(22(2)24-15-7-4-8-16-24)32-30-27-19-11-9-17-25(27)26-18-10-12-20-28(26)31-32/h3-22H,1-2H3/t21-,22-/m1/s1. The van der Waals surface area contributed by atoms with Crippen LogP contribution in [0.25, 0.3) is 21.9 Å². The Bertz CT molecular complexity index is 1260. The number of hydrogen-bond donors (Lipinski definition) is 0. The van der Waals surface area contributed by atoms with Crippen LogP contribution in [-0.4, -0.2) is 0 Å². The summed E-state index contributed by atoms with van der Waals surface area (Å²) >= 11 is 0. The van der Waals surface area contributed by atoms with Crippen LogP contribution in [0.5, 0.6) is 0 Å². The van der Waals surface area contributed by atoms with Gasteiger partial charge in [-0.25, -0.2) is 0 Å². The second-order valence-corrected chi connectivity index (χ2v) is 9.27. The maximum Gasteiger partial charge on any atom is 0.310 e. The Balaban J connectivity index is 1.77. The van der Waals surface area contributed by atoms with E-state index in [-0.39, 0.29) is 12.1 Å². The minimum Gasteiger partial charge on any atom is -0.408 e. The Labute approximate surface area is 189 Å². The molecule has 3 nitrogen and oxygen atoms in total. The van der Waals surface area contributed by atoms with Crippen molar-refractivity contribution in [3.05, 3.63) is 120 Å². The van der Waals surface area contributed by atoms with E-state index in [1.807, 2.05) is 36.4 Å². The van der Waals surface area contributed by atoms with E-state index in [9.17, 15) is 0 Å². The molecule has 160 valence electrons. The molecule has 1 heterocycles. The molecule has 4 aromatic carbocycles. The van der Waals surface area contributed by atoms with Gasteiger partial charge in [0.2, 0.25) is 0 Å². The highest BCUT2D eigenvalue weighted by molar-refractivity contribution is 7.39. The second-order valence-electron chi connectivity index (χ2n) is 7.97. The lowest BCUT2D eigenvalue weighted by molar-refractivity contribution is 0.558. The summed E-state index contributed by atoms with van der Waals surface area (Å²) in [6.45, 7) is 4.46. The fraction of sp³-hybridized carbons (Fsp3) is 0.143. The van der Waals surface area contributed by atoms with Crippen LogP contribution in [0.15, 0.2) is 118 Å². The van der Waals surface area contributed by atoms with Crippen LogP contribution in [0.2, 0.25) is 0 Å². The van der Waals surface area contributed by atoms with Gasteiger partial charge >= 0.3 is 8.16 Å². The molecule has 0 amide bonds. The predicted molar refractivity (Wildman–Crippen MR) is 134 cm³/mol. The largest absolute Gasteiger partial charge is 0.408 e. The van der Waals surface area contributed by atoms with Gasteiger partial charge < -0.3 is 8.39 Å². The molecule has 0 N–H and O–H groups in total. The topological polar surface area (TPSA) is 29.5 Å². The molecule has 0 bridgehead atoms. The van der Waals surface area contributed by atoms with Crippen LogP contribution >= 0.6 is 8.16 Å². The lowest BCUT2D eigenvalue weighted by Crippen LogP contribution is -2.27. The molecule has 0 aliphatic heterocycles. The van der Waals surface area contributed by atoms with E-state index in [4.69, 9.17) is 8.39 Å². The van der Waals surface area contributed by atoms with E-state index >= 15 is 0 Å². The molecule has 0 saturated heterocycles. The first-order valence-corrected chi connectivity index (χ1v) is 12.1. The lowest BCUT2D eigenvalue weighted by atomic mass is 10.0. The number of fused-ring (bicyclic) bond motifs is 3. The highest BCUT2D eigenvalue weighted by atomic mass is 31.1. The van der Waals surface area contributed by atoms with E-state index in [1.165, 1.54) is 11.1 Å². The first-order valence-electron chi connectivity index (χ1n) is 10.9. The summed E-state index contributed by atoms with van der Waals surface area (Å²) in [6, 6.07) is 37.7.